The van der Waals surface area contributed by atoms with Crippen molar-refractivity contribution in [3.05, 3.63) is 77.2 Å². The third-order valence-electron chi connectivity index (χ3n) is 6.70. The highest BCUT2D eigenvalue weighted by Crippen LogP contribution is 2.44. The quantitative estimate of drug-likeness (QED) is 0.525. The maximum absolute atomic E-state index is 12.9. The van der Waals surface area contributed by atoms with Crippen molar-refractivity contribution in [3.8, 4) is 17.0 Å². The molecule has 0 radical (unpaired) electrons. The van der Waals surface area contributed by atoms with Crippen LogP contribution in [0.3, 0.4) is 0 Å². The van der Waals surface area contributed by atoms with Crippen LogP contribution >= 0.6 is 0 Å². The average Bonchev–Trinajstić information content (AvgIpc) is 3.60. The molecule has 1 aliphatic carbocycles. The normalized spacial score (nSPS) is 17.9. The van der Waals surface area contributed by atoms with Gasteiger partial charge in [0, 0.05) is 26.1 Å². The molecule has 6 nitrogen and oxygen atoms in total. The van der Waals surface area contributed by atoms with Gasteiger partial charge in [0.2, 0.25) is 5.88 Å². The van der Waals surface area contributed by atoms with E-state index in [1.54, 1.807) is 7.11 Å². The maximum atomic E-state index is 12.9. The van der Waals surface area contributed by atoms with Gasteiger partial charge in [-0.25, -0.2) is 9.97 Å². The van der Waals surface area contributed by atoms with Crippen molar-refractivity contribution in [1.82, 2.24) is 14.9 Å². The van der Waals surface area contributed by atoms with Crippen molar-refractivity contribution in [2.75, 3.05) is 27.3 Å². The summed E-state index contributed by atoms with van der Waals surface area (Å²) in [6, 6.07) is 15.5. The second-order valence-corrected chi connectivity index (χ2v) is 8.89. The summed E-state index contributed by atoms with van der Waals surface area (Å²) >= 11 is 0. The van der Waals surface area contributed by atoms with Crippen LogP contribution in [0.15, 0.2) is 54.9 Å². The van der Waals surface area contributed by atoms with Crippen LogP contribution in [0, 0.1) is 0 Å². The molecule has 3 aromatic rings. The van der Waals surface area contributed by atoms with E-state index >= 15 is 0 Å². The maximum Gasteiger partial charge on any atom is 0.274 e. The standard InChI is InChI=1S/C27H29N3O3/c1-32-17-21-13-19(24-6-4-3-5-23(24)18-7-8-18)9-10-22(21)20-11-12-30(16-20)27(31)25-14-29-26(33-2)15-28-25/h3-6,9-10,13-15,18,20H,7-8,11-12,16-17H2,1-2H3. The number of methoxy groups -OCH3 is 2. The first kappa shape index (κ1) is 21.6. The van der Waals surface area contributed by atoms with Gasteiger partial charge >= 0.3 is 0 Å². The summed E-state index contributed by atoms with van der Waals surface area (Å²) in [4.78, 5) is 23.1. The fourth-order valence-corrected chi connectivity index (χ4v) is 4.85. The predicted octanol–water partition coefficient (Wildman–Crippen LogP) is 4.81. The molecule has 2 aromatic carbocycles. The highest BCUT2D eigenvalue weighted by molar-refractivity contribution is 5.92. The van der Waals surface area contributed by atoms with E-state index in [2.05, 4.69) is 52.4 Å². The van der Waals surface area contributed by atoms with E-state index < -0.39 is 0 Å². The molecule has 33 heavy (non-hydrogen) atoms. The van der Waals surface area contributed by atoms with Crippen LogP contribution in [0.4, 0.5) is 0 Å². The number of rotatable bonds is 7. The Hall–Kier alpha value is -3.25. The van der Waals surface area contributed by atoms with Crippen molar-refractivity contribution >= 4 is 5.91 Å². The molecule has 2 fully saturated rings. The number of nitrogens with zero attached hydrogens (tertiary/aromatic N) is 3. The fourth-order valence-electron chi connectivity index (χ4n) is 4.85. The molecule has 1 amide bonds. The number of carbonyl (C=O) groups excluding carboxylic acids is 1. The van der Waals surface area contributed by atoms with E-state index in [1.165, 1.54) is 60.2 Å². The Kier molecular flexibility index (Phi) is 6.09. The molecule has 1 saturated carbocycles. The monoisotopic (exact) mass is 443 g/mol. The number of amides is 1. The lowest BCUT2D eigenvalue weighted by atomic mass is 9.89. The van der Waals surface area contributed by atoms with E-state index in [4.69, 9.17) is 9.47 Å². The van der Waals surface area contributed by atoms with Gasteiger partial charge in [0.25, 0.3) is 5.91 Å². The minimum absolute atomic E-state index is 0.0871. The molecule has 2 heterocycles. The molecule has 0 bridgehead atoms. The predicted molar refractivity (Wildman–Crippen MR) is 126 cm³/mol. The number of hydrogen-bond donors (Lipinski definition) is 0. The van der Waals surface area contributed by atoms with Gasteiger partial charge in [-0.2, -0.15) is 0 Å². The third kappa shape index (κ3) is 4.48. The van der Waals surface area contributed by atoms with Crippen molar-refractivity contribution < 1.29 is 14.3 Å². The molecular formula is C27H29N3O3. The van der Waals surface area contributed by atoms with Gasteiger partial charge in [-0.15, -0.1) is 0 Å². The first-order valence-electron chi connectivity index (χ1n) is 11.5. The molecule has 0 spiro atoms. The van der Waals surface area contributed by atoms with E-state index in [0.29, 0.717) is 37.2 Å². The van der Waals surface area contributed by atoms with Gasteiger partial charge < -0.3 is 14.4 Å². The van der Waals surface area contributed by atoms with Crippen molar-refractivity contribution in [2.24, 2.45) is 0 Å². The number of benzene rings is 2. The Balaban J connectivity index is 1.37. The first-order valence-corrected chi connectivity index (χ1v) is 11.5. The van der Waals surface area contributed by atoms with Crippen LogP contribution in [0.2, 0.25) is 0 Å². The summed E-state index contributed by atoms with van der Waals surface area (Å²) in [5, 5.41) is 0. The Bertz CT molecular complexity index is 1140. The lowest BCUT2D eigenvalue weighted by molar-refractivity contribution is 0.0784. The summed E-state index contributed by atoms with van der Waals surface area (Å²) < 4.78 is 10.6. The van der Waals surface area contributed by atoms with E-state index in [1.807, 2.05) is 4.90 Å². The zero-order chi connectivity index (χ0) is 22.8. The largest absolute Gasteiger partial charge is 0.480 e. The number of hydrogen-bond acceptors (Lipinski definition) is 5. The van der Waals surface area contributed by atoms with E-state index in [-0.39, 0.29) is 11.8 Å². The van der Waals surface area contributed by atoms with Gasteiger partial charge in [0.15, 0.2) is 0 Å². The minimum Gasteiger partial charge on any atom is -0.480 e. The Morgan fingerprint density at radius 3 is 2.58 bits per heavy atom. The highest BCUT2D eigenvalue weighted by Gasteiger charge is 2.31. The van der Waals surface area contributed by atoms with Crippen molar-refractivity contribution in [3.63, 3.8) is 0 Å². The Labute approximate surface area is 194 Å². The molecule has 0 N–H and O–H groups in total. The van der Waals surface area contributed by atoms with Crippen LogP contribution in [0.1, 0.15) is 58.3 Å². The number of ether oxygens (including phenoxy) is 2. The van der Waals surface area contributed by atoms with Crippen LogP contribution < -0.4 is 4.74 Å². The molecule has 2 aliphatic rings. The van der Waals surface area contributed by atoms with Gasteiger partial charge in [-0.3, -0.25) is 4.79 Å². The zero-order valence-electron chi connectivity index (χ0n) is 19.2. The van der Waals surface area contributed by atoms with Gasteiger partial charge in [0.05, 0.1) is 26.1 Å². The zero-order valence-corrected chi connectivity index (χ0v) is 19.2. The van der Waals surface area contributed by atoms with Crippen LogP contribution in [0.25, 0.3) is 11.1 Å². The Morgan fingerprint density at radius 1 is 1.00 bits per heavy atom. The molecule has 170 valence electrons. The molecule has 1 aliphatic heterocycles. The van der Waals surface area contributed by atoms with Gasteiger partial charge in [-0.05, 0) is 59.1 Å². The summed E-state index contributed by atoms with van der Waals surface area (Å²) in [6.45, 7) is 1.93. The smallest absolute Gasteiger partial charge is 0.274 e. The van der Waals surface area contributed by atoms with E-state index in [0.717, 1.165) is 6.42 Å². The molecule has 1 unspecified atom stereocenters. The summed E-state index contributed by atoms with van der Waals surface area (Å²) in [5.41, 5.74) is 6.83. The molecule has 1 saturated heterocycles. The van der Waals surface area contributed by atoms with Crippen LogP contribution in [-0.4, -0.2) is 48.1 Å². The lowest BCUT2D eigenvalue weighted by Gasteiger charge is -2.19. The number of aromatic nitrogens is 2. The third-order valence-corrected chi connectivity index (χ3v) is 6.70. The topological polar surface area (TPSA) is 64.5 Å². The molecule has 6 heteroatoms. The van der Waals surface area contributed by atoms with Crippen LogP contribution in [0.5, 0.6) is 5.88 Å². The second-order valence-electron chi connectivity index (χ2n) is 8.89. The van der Waals surface area contributed by atoms with Crippen molar-refractivity contribution in [1.29, 1.82) is 0 Å². The summed E-state index contributed by atoms with van der Waals surface area (Å²) in [7, 11) is 3.27. The first-order chi connectivity index (χ1) is 16.2. The van der Waals surface area contributed by atoms with Crippen LogP contribution in [-0.2, 0) is 11.3 Å². The molecule has 1 atom stereocenters. The lowest BCUT2D eigenvalue weighted by Crippen LogP contribution is -2.29. The number of likely N-dealkylation sites (tertiary alicyclic amines) is 1. The van der Waals surface area contributed by atoms with E-state index in [9.17, 15) is 4.79 Å². The fraction of sp³-hybridized carbons (Fsp3) is 0.370. The highest BCUT2D eigenvalue weighted by atomic mass is 16.5. The molecule has 5 rings (SSSR count). The minimum atomic E-state index is -0.0871. The van der Waals surface area contributed by atoms with Crippen molar-refractivity contribution in [2.45, 2.75) is 37.7 Å². The van der Waals surface area contributed by atoms with Gasteiger partial charge in [-0.1, -0.05) is 36.4 Å². The van der Waals surface area contributed by atoms with Gasteiger partial charge in [0.1, 0.15) is 5.69 Å². The number of carbonyl (C=O) groups is 1. The second kappa shape index (κ2) is 9.32. The summed E-state index contributed by atoms with van der Waals surface area (Å²) in [6.07, 6.45) is 6.45. The Morgan fingerprint density at radius 2 is 1.85 bits per heavy atom. The molecule has 1 aromatic heterocycles. The SMILES string of the molecule is COCc1cc(-c2ccccc2C2CC2)ccc1C1CCN(C(=O)c2cnc(OC)cn2)C1. The molecular weight excluding hydrogens is 414 g/mol. The average molecular weight is 444 g/mol. The summed E-state index contributed by atoms with van der Waals surface area (Å²) in [5.74, 6) is 1.29.